The van der Waals surface area contributed by atoms with Crippen LogP contribution in [0.2, 0.25) is 0 Å². The minimum Gasteiger partial charge on any atom is -0.494 e. The number of unbranched alkanes of at least 4 members (excludes halogenated alkanes) is 1. The maximum absolute atomic E-state index is 5.53. The van der Waals surface area contributed by atoms with E-state index in [1.165, 1.54) is 0 Å². The first-order valence-corrected chi connectivity index (χ1v) is 5.02. The molecule has 15 heavy (non-hydrogen) atoms. The Hall–Kier alpha value is -0.770. The summed E-state index contributed by atoms with van der Waals surface area (Å²) in [5.74, 6) is 6.15. The number of nitrogens with two attached hydrogens (primary N) is 1. The van der Waals surface area contributed by atoms with E-state index >= 15 is 0 Å². The van der Waals surface area contributed by atoms with Gasteiger partial charge in [-0.2, -0.15) is 0 Å². The Morgan fingerprint density at radius 1 is 1.27 bits per heavy atom. The molecule has 0 radical (unpaired) electrons. The fourth-order valence-electron chi connectivity index (χ4n) is 1.16. The van der Waals surface area contributed by atoms with Gasteiger partial charge in [0.15, 0.2) is 0 Å². The quantitative estimate of drug-likeness (QED) is 0.448. The SMILES string of the molecule is CCCCOc1ccc(CNN)cc1.Cl. The van der Waals surface area contributed by atoms with Crippen molar-refractivity contribution in [2.45, 2.75) is 26.3 Å². The highest BCUT2D eigenvalue weighted by atomic mass is 35.5. The van der Waals surface area contributed by atoms with Gasteiger partial charge < -0.3 is 4.74 Å². The molecular formula is C11H19ClN2O. The molecule has 0 aliphatic carbocycles. The number of halogens is 1. The Bertz CT molecular complexity index is 251. The van der Waals surface area contributed by atoms with Crippen LogP contribution in [0.1, 0.15) is 25.3 Å². The average molecular weight is 231 g/mol. The molecule has 0 heterocycles. The minimum absolute atomic E-state index is 0. The number of nitrogens with one attached hydrogen (secondary N) is 1. The topological polar surface area (TPSA) is 47.3 Å². The van der Waals surface area contributed by atoms with Crippen LogP contribution in [0.3, 0.4) is 0 Å². The third-order valence-electron chi connectivity index (χ3n) is 2.00. The van der Waals surface area contributed by atoms with E-state index in [0.29, 0.717) is 6.54 Å². The third-order valence-corrected chi connectivity index (χ3v) is 2.00. The summed E-state index contributed by atoms with van der Waals surface area (Å²) in [7, 11) is 0. The van der Waals surface area contributed by atoms with Crippen LogP contribution in [0.4, 0.5) is 0 Å². The van der Waals surface area contributed by atoms with Gasteiger partial charge in [-0.05, 0) is 24.1 Å². The van der Waals surface area contributed by atoms with Crippen molar-refractivity contribution >= 4 is 12.4 Å². The average Bonchev–Trinajstić information content (AvgIpc) is 2.21. The number of hydrazine groups is 1. The second kappa shape index (κ2) is 8.53. The van der Waals surface area contributed by atoms with Crippen LogP contribution in [-0.2, 0) is 6.54 Å². The number of rotatable bonds is 6. The Labute approximate surface area is 97.4 Å². The van der Waals surface area contributed by atoms with E-state index in [-0.39, 0.29) is 12.4 Å². The van der Waals surface area contributed by atoms with Crippen LogP contribution in [0.5, 0.6) is 5.75 Å². The van der Waals surface area contributed by atoms with Crippen LogP contribution in [0.25, 0.3) is 0 Å². The first-order chi connectivity index (χ1) is 6.86. The Kier molecular flexibility index (Phi) is 8.09. The molecule has 0 aliphatic heterocycles. The summed E-state index contributed by atoms with van der Waals surface area (Å²) < 4.78 is 5.53. The second-order valence-corrected chi connectivity index (χ2v) is 3.23. The zero-order chi connectivity index (χ0) is 10.2. The van der Waals surface area contributed by atoms with Gasteiger partial charge >= 0.3 is 0 Å². The number of ether oxygens (including phenoxy) is 1. The van der Waals surface area contributed by atoms with Gasteiger partial charge in [0, 0.05) is 6.54 Å². The minimum atomic E-state index is 0. The van der Waals surface area contributed by atoms with Gasteiger partial charge in [0.05, 0.1) is 6.61 Å². The van der Waals surface area contributed by atoms with Crippen molar-refractivity contribution in [2.75, 3.05) is 6.61 Å². The van der Waals surface area contributed by atoms with E-state index in [1.54, 1.807) is 0 Å². The summed E-state index contributed by atoms with van der Waals surface area (Å²) >= 11 is 0. The van der Waals surface area contributed by atoms with Gasteiger partial charge in [0.25, 0.3) is 0 Å². The van der Waals surface area contributed by atoms with Crippen LogP contribution in [-0.4, -0.2) is 6.61 Å². The Morgan fingerprint density at radius 2 is 1.93 bits per heavy atom. The monoisotopic (exact) mass is 230 g/mol. The largest absolute Gasteiger partial charge is 0.494 e. The molecule has 0 aromatic heterocycles. The van der Waals surface area contributed by atoms with Crippen LogP contribution >= 0.6 is 12.4 Å². The van der Waals surface area contributed by atoms with Crippen LogP contribution < -0.4 is 16.0 Å². The van der Waals surface area contributed by atoms with Gasteiger partial charge in [-0.25, -0.2) is 0 Å². The molecule has 86 valence electrons. The van der Waals surface area contributed by atoms with E-state index in [2.05, 4.69) is 12.3 Å². The molecule has 1 rings (SSSR count). The first-order valence-electron chi connectivity index (χ1n) is 5.02. The van der Waals surface area contributed by atoms with Gasteiger partial charge in [0.1, 0.15) is 5.75 Å². The van der Waals surface area contributed by atoms with Crippen molar-refractivity contribution < 1.29 is 4.74 Å². The van der Waals surface area contributed by atoms with Gasteiger partial charge in [-0.15, -0.1) is 12.4 Å². The van der Waals surface area contributed by atoms with Crippen molar-refractivity contribution in [1.82, 2.24) is 5.43 Å². The lowest BCUT2D eigenvalue weighted by Crippen LogP contribution is -2.20. The molecule has 4 heteroatoms. The number of hydrogen-bond acceptors (Lipinski definition) is 3. The summed E-state index contributed by atoms with van der Waals surface area (Å²) in [5.41, 5.74) is 3.78. The summed E-state index contributed by atoms with van der Waals surface area (Å²) in [6.07, 6.45) is 2.27. The molecule has 0 atom stereocenters. The molecule has 0 saturated carbocycles. The fourth-order valence-corrected chi connectivity index (χ4v) is 1.16. The molecule has 0 bridgehead atoms. The molecule has 0 spiro atoms. The molecule has 0 aliphatic rings. The number of benzene rings is 1. The normalized spacial score (nSPS) is 9.47. The maximum Gasteiger partial charge on any atom is 0.119 e. The van der Waals surface area contributed by atoms with Crippen molar-refractivity contribution in [3.05, 3.63) is 29.8 Å². The predicted octanol–water partition coefficient (Wildman–Crippen LogP) is 2.25. The maximum atomic E-state index is 5.53. The Balaban J connectivity index is 0.00000196. The molecule has 0 fully saturated rings. The summed E-state index contributed by atoms with van der Waals surface area (Å²) in [6.45, 7) is 3.64. The first kappa shape index (κ1) is 14.2. The fraction of sp³-hybridized carbons (Fsp3) is 0.455. The summed E-state index contributed by atoms with van der Waals surface area (Å²) in [5, 5.41) is 0. The zero-order valence-corrected chi connectivity index (χ0v) is 9.85. The summed E-state index contributed by atoms with van der Waals surface area (Å²) in [6, 6.07) is 7.98. The molecule has 1 aromatic carbocycles. The van der Waals surface area contributed by atoms with E-state index < -0.39 is 0 Å². The molecular weight excluding hydrogens is 212 g/mol. The zero-order valence-electron chi connectivity index (χ0n) is 9.03. The van der Waals surface area contributed by atoms with E-state index in [9.17, 15) is 0 Å². The van der Waals surface area contributed by atoms with E-state index in [1.807, 2.05) is 24.3 Å². The van der Waals surface area contributed by atoms with Crippen molar-refractivity contribution in [2.24, 2.45) is 5.84 Å². The molecule has 0 saturated heterocycles. The van der Waals surface area contributed by atoms with Crippen molar-refractivity contribution in [3.63, 3.8) is 0 Å². The van der Waals surface area contributed by atoms with Gasteiger partial charge in [-0.3, -0.25) is 11.3 Å². The predicted molar refractivity (Wildman–Crippen MR) is 65.1 cm³/mol. The highest BCUT2D eigenvalue weighted by molar-refractivity contribution is 5.85. The lowest BCUT2D eigenvalue weighted by atomic mass is 10.2. The molecule has 0 amide bonds. The highest BCUT2D eigenvalue weighted by Crippen LogP contribution is 2.12. The van der Waals surface area contributed by atoms with Gasteiger partial charge in [-0.1, -0.05) is 25.5 Å². The van der Waals surface area contributed by atoms with Crippen LogP contribution in [0.15, 0.2) is 24.3 Å². The summed E-state index contributed by atoms with van der Waals surface area (Å²) in [4.78, 5) is 0. The van der Waals surface area contributed by atoms with E-state index in [0.717, 1.165) is 30.8 Å². The lowest BCUT2D eigenvalue weighted by Gasteiger charge is -2.06. The molecule has 1 aromatic rings. The molecule has 3 nitrogen and oxygen atoms in total. The smallest absolute Gasteiger partial charge is 0.119 e. The van der Waals surface area contributed by atoms with Crippen LogP contribution in [0, 0.1) is 0 Å². The Morgan fingerprint density at radius 3 is 2.47 bits per heavy atom. The van der Waals surface area contributed by atoms with E-state index in [4.69, 9.17) is 10.6 Å². The molecule has 0 unspecified atom stereocenters. The highest BCUT2D eigenvalue weighted by Gasteiger charge is 1.94. The molecule has 3 N–H and O–H groups in total. The van der Waals surface area contributed by atoms with Crippen molar-refractivity contribution in [3.8, 4) is 5.75 Å². The lowest BCUT2D eigenvalue weighted by molar-refractivity contribution is 0.309. The standard InChI is InChI=1S/C11H18N2O.ClH/c1-2-3-8-14-11-6-4-10(5-7-11)9-13-12;/h4-7,13H,2-3,8-9,12H2,1H3;1H. The van der Waals surface area contributed by atoms with Crippen molar-refractivity contribution in [1.29, 1.82) is 0 Å². The second-order valence-electron chi connectivity index (χ2n) is 3.23. The number of hydrogen-bond donors (Lipinski definition) is 2. The third kappa shape index (κ3) is 5.62. The van der Waals surface area contributed by atoms with Gasteiger partial charge in [0.2, 0.25) is 0 Å².